The van der Waals surface area contributed by atoms with Crippen molar-refractivity contribution in [1.82, 2.24) is 9.80 Å². The summed E-state index contributed by atoms with van der Waals surface area (Å²) in [5.74, 6) is -0.0236. The Morgan fingerprint density at radius 1 is 0.875 bits per heavy atom. The molecule has 1 aliphatic rings. The Morgan fingerprint density at radius 3 is 1.96 bits per heavy atom. The van der Waals surface area contributed by atoms with E-state index in [1.165, 1.54) is 45.6 Å². The molecule has 0 radical (unpaired) electrons. The van der Waals surface area contributed by atoms with E-state index in [4.69, 9.17) is 5.73 Å². The summed E-state index contributed by atoms with van der Waals surface area (Å²) >= 11 is 0. The number of carbonyl (C=O) groups is 2. The van der Waals surface area contributed by atoms with Crippen LogP contribution in [0.25, 0.3) is 0 Å². The van der Waals surface area contributed by atoms with E-state index in [1.807, 2.05) is 4.90 Å². The summed E-state index contributed by atoms with van der Waals surface area (Å²) in [6.45, 7) is 4.87. The molecule has 0 saturated carbocycles. The molecule has 2 N–H and O–H groups in total. The molecule has 0 aromatic heterocycles. The number of hydrogen-bond donors (Lipinski definition) is 1. The molecule has 1 aliphatic heterocycles. The van der Waals surface area contributed by atoms with Crippen molar-refractivity contribution in [1.29, 1.82) is 0 Å². The predicted molar refractivity (Wildman–Crippen MR) is 95.6 cm³/mol. The number of amides is 1. The lowest BCUT2D eigenvalue weighted by molar-refractivity contribution is -0.140. The first-order chi connectivity index (χ1) is 11.7. The first kappa shape index (κ1) is 20.9. The molecule has 24 heavy (non-hydrogen) atoms. The Balaban J connectivity index is 1.86. The van der Waals surface area contributed by atoms with E-state index >= 15 is 0 Å². The van der Waals surface area contributed by atoms with Crippen molar-refractivity contribution in [3.63, 3.8) is 0 Å². The average Bonchev–Trinajstić information content (AvgIpc) is 2.62. The molecule has 0 aromatic rings. The van der Waals surface area contributed by atoms with Crippen molar-refractivity contribution in [2.24, 2.45) is 5.73 Å². The normalized spacial score (nSPS) is 15.5. The molecule has 1 rings (SSSR count). The van der Waals surface area contributed by atoms with Crippen LogP contribution in [0.1, 0.15) is 57.8 Å². The molecule has 0 atom stereocenters. The van der Waals surface area contributed by atoms with Gasteiger partial charge in [0.05, 0.1) is 13.7 Å². The third kappa shape index (κ3) is 9.23. The minimum absolute atomic E-state index is 0.0706. The van der Waals surface area contributed by atoms with Gasteiger partial charge in [0.25, 0.3) is 0 Å². The predicted octanol–water partition coefficient (Wildman–Crippen LogP) is 1.77. The monoisotopic (exact) mass is 341 g/mol. The molecule has 0 aromatic carbocycles. The van der Waals surface area contributed by atoms with Crippen molar-refractivity contribution < 1.29 is 14.3 Å². The maximum Gasteiger partial charge on any atom is 0.305 e. The second-order valence-corrected chi connectivity index (χ2v) is 6.58. The molecular formula is C18H35N3O3. The van der Waals surface area contributed by atoms with E-state index in [9.17, 15) is 9.59 Å². The van der Waals surface area contributed by atoms with Gasteiger partial charge in [-0.1, -0.05) is 38.5 Å². The van der Waals surface area contributed by atoms with Gasteiger partial charge in [-0.25, -0.2) is 0 Å². The summed E-state index contributed by atoms with van der Waals surface area (Å²) in [6, 6.07) is 0. The highest BCUT2D eigenvalue weighted by Gasteiger charge is 2.19. The van der Waals surface area contributed by atoms with Crippen molar-refractivity contribution in [2.45, 2.75) is 57.8 Å². The van der Waals surface area contributed by atoms with Crippen LogP contribution in [0.4, 0.5) is 0 Å². The summed E-state index contributed by atoms with van der Waals surface area (Å²) in [5, 5.41) is 0. The van der Waals surface area contributed by atoms with Crippen LogP contribution in [-0.4, -0.2) is 68.1 Å². The quantitative estimate of drug-likeness (QED) is 0.432. The lowest BCUT2D eigenvalue weighted by Crippen LogP contribution is -2.50. The van der Waals surface area contributed by atoms with Crippen LogP contribution in [0.2, 0.25) is 0 Å². The highest BCUT2D eigenvalue weighted by Crippen LogP contribution is 2.11. The third-order valence-electron chi connectivity index (χ3n) is 4.73. The van der Waals surface area contributed by atoms with Crippen LogP contribution in [-0.2, 0) is 14.3 Å². The highest BCUT2D eigenvalue weighted by atomic mass is 16.5. The fourth-order valence-electron chi connectivity index (χ4n) is 3.12. The van der Waals surface area contributed by atoms with Crippen molar-refractivity contribution in [3.05, 3.63) is 0 Å². The van der Waals surface area contributed by atoms with E-state index in [0.29, 0.717) is 6.42 Å². The SMILES string of the molecule is COC(=O)CCCCCCCCCCN1CCN(C(=O)CN)CC1. The molecule has 0 bridgehead atoms. The van der Waals surface area contributed by atoms with Crippen LogP contribution in [0, 0.1) is 0 Å². The maximum absolute atomic E-state index is 11.5. The standard InChI is InChI=1S/C18H35N3O3/c1-24-18(23)10-8-6-4-2-3-5-7-9-11-20-12-14-21(15-13-20)17(22)16-19/h2-16,19H2,1H3. The first-order valence-electron chi connectivity index (χ1n) is 9.44. The van der Waals surface area contributed by atoms with E-state index in [0.717, 1.165) is 45.6 Å². The van der Waals surface area contributed by atoms with Gasteiger partial charge in [0.1, 0.15) is 0 Å². The molecule has 1 saturated heterocycles. The molecule has 1 amide bonds. The Labute approximate surface area is 146 Å². The number of ether oxygens (including phenoxy) is 1. The minimum atomic E-state index is -0.0942. The fourth-order valence-corrected chi connectivity index (χ4v) is 3.12. The van der Waals surface area contributed by atoms with Crippen LogP contribution in [0.5, 0.6) is 0 Å². The zero-order chi connectivity index (χ0) is 17.6. The number of nitrogens with two attached hydrogens (primary N) is 1. The molecule has 6 nitrogen and oxygen atoms in total. The topological polar surface area (TPSA) is 75.9 Å². The van der Waals surface area contributed by atoms with E-state index in [-0.39, 0.29) is 18.4 Å². The third-order valence-corrected chi connectivity index (χ3v) is 4.73. The number of carbonyl (C=O) groups excluding carboxylic acids is 2. The molecule has 6 heteroatoms. The van der Waals surface area contributed by atoms with Gasteiger partial charge in [0.15, 0.2) is 0 Å². The van der Waals surface area contributed by atoms with Crippen molar-refractivity contribution >= 4 is 11.9 Å². The summed E-state index contributed by atoms with van der Waals surface area (Å²) in [7, 11) is 1.45. The van der Waals surface area contributed by atoms with Gasteiger partial charge in [-0.15, -0.1) is 0 Å². The number of piperazine rings is 1. The van der Waals surface area contributed by atoms with Crippen LogP contribution < -0.4 is 5.73 Å². The number of esters is 1. The Hall–Kier alpha value is -1.14. The Morgan fingerprint density at radius 2 is 1.42 bits per heavy atom. The highest BCUT2D eigenvalue weighted by molar-refractivity contribution is 5.78. The summed E-state index contributed by atoms with van der Waals surface area (Å²) in [5.41, 5.74) is 5.40. The number of nitrogens with zero attached hydrogens (tertiary/aromatic N) is 2. The number of rotatable bonds is 12. The number of unbranched alkanes of at least 4 members (excludes halogenated alkanes) is 7. The molecule has 0 unspecified atom stereocenters. The lowest BCUT2D eigenvalue weighted by Gasteiger charge is -2.34. The van der Waals surface area contributed by atoms with Gasteiger partial charge in [-0.3, -0.25) is 14.5 Å². The maximum atomic E-state index is 11.5. The van der Waals surface area contributed by atoms with Crippen LogP contribution >= 0.6 is 0 Å². The molecule has 1 heterocycles. The first-order valence-corrected chi connectivity index (χ1v) is 9.44. The largest absolute Gasteiger partial charge is 0.469 e. The lowest BCUT2D eigenvalue weighted by atomic mass is 10.1. The molecule has 0 aliphatic carbocycles. The molecule has 0 spiro atoms. The fraction of sp³-hybridized carbons (Fsp3) is 0.889. The molecular weight excluding hydrogens is 306 g/mol. The Bertz CT molecular complexity index is 355. The van der Waals surface area contributed by atoms with Crippen molar-refractivity contribution in [2.75, 3.05) is 46.4 Å². The average molecular weight is 341 g/mol. The smallest absolute Gasteiger partial charge is 0.305 e. The zero-order valence-electron chi connectivity index (χ0n) is 15.3. The van der Waals surface area contributed by atoms with E-state index in [2.05, 4.69) is 9.64 Å². The van der Waals surface area contributed by atoms with E-state index < -0.39 is 0 Å². The van der Waals surface area contributed by atoms with Gasteiger partial charge in [0.2, 0.25) is 5.91 Å². The van der Waals surface area contributed by atoms with Crippen molar-refractivity contribution in [3.8, 4) is 0 Å². The summed E-state index contributed by atoms with van der Waals surface area (Å²) in [6.07, 6.45) is 10.2. The molecule has 1 fully saturated rings. The second kappa shape index (κ2) is 13.2. The molecule has 140 valence electrons. The summed E-state index contributed by atoms with van der Waals surface area (Å²) in [4.78, 5) is 26.8. The van der Waals surface area contributed by atoms with Crippen LogP contribution in [0.3, 0.4) is 0 Å². The zero-order valence-corrected chi connectivity index (χ0v) is 15.3. The second-order valence-electron chi connectivity index (χ2n) is 6.58. The number of hydrogen-bond acceptors (Lipinski definition) is 5. The van der Waals surface area contributed by atoms with E-state index in [1.54, 1.807) is 0 Å². The van der Waals surface area contributed by atoms with Gasteiger partial charge in [0, 0.05) is 32.6 Å². The summed E-state index contributed by atoms with van der Waals surface area (Å²) < 4.78 is 4.63. The van der Waals surface area contributed by atoms with Gasteiger partial charge in [-0.2, -0.15) is 0 Å². The number of methoxy groups -OCH3 is 1. The van der Waals surface area contributed by atoms with Crippen LogP contribution in [0.15, 0.2) is 0 Å². The van der Waals surface area contributed by atoms with Gasteiger partial charge < -0.3 is 15.4 Å². The minimum Gasteiger partial charge on any atom is -0.469 e. The van der Waals surface area contributed by atoms with Gasteiger partial charge >= 0.3 is 5.97 Å². The van der Waals surface area contributed by atoms with Gasteiger partial charge in [-0.05, 0) is 19.4 Å². The Kier molecular flexibility index (Phi) is 11.5.